The van der Waals surface area contributed by atoms with Crippen LogP contribution in [0.25, 0.3) is 0 Å². The minimum absolute atomic E-state index is 0.245. The second kappa shape index (κ2) is 6.46. The van der Waals surface area contributed by atoms with Crippen molar-refractivity contribution in [3.05, 3.63) is 0 Å². The van der Waals surface area contributed by atoms with Crippen molar-refractivity contribution in [2.24, 2.45) is 5.92 Å². The lowest BCUT2D eigenvalue weighted by Crippen LogP contribution is -2.42. The molecule has 1 amide bonds. The van der Waals surface area contributed by atoms with E-state index in [-0.39, 0.29) is 13.0 Å². The van der Waals surface area contributed by atoms with Gasteiger partial charge in [-0.05, 0) is 0 Å². The monoisotopic (exact) mass is 255 g/mol. The van der Waals surface area contributed by atoms with E-state index in [1.54, 1.807) is 0 Å². The van der Waals surface area contributed by atoms with Crippen LogP contribution >= 0.6 is 0 Å². The highest BCUT2D eigenvalue weighted by Gasteiger charge is 2.33. The van der Waals surface area contributed by atoms with E-state index >= 15 is 0 Å². The van der Waals surface area contributed by atoms with Crippen molar-refractivity contribution in [2.45, 2.75) is 26.4 Å². The number of ether oxygens (including phenoxy) is 1. The number of methoxy groups -OCH3 is 1. The van der Waals surface area contributed by atoms with E-state index < -0.39 is 30.5 Å². The summed E-state index contributed by atoms with van der Waals surface area (Å²) in [5.41, 5.74) is 0. The molecular weight excluding hydrogens is 239 g/mol. The Labute approximate surface area is 97.7 Å². The standard InChI is InChI=1S/C10H16F3NO3/c1-7(2)9(16)14(6-10(11,12)13)5-4-8(15)17-3/h7H,4-6H2,1-3H3. The molecule has 0 aliphatic carbocycles. The van der Waals surface area contributed by atoms with E-state index in [9.17, 15) is 22.8 Å². The molecule has 17 heavy (non-hydrogen) atoms. The zero-order valence-corrected chi connectivity index (χ0v) is 10.0. The number of carbonyl (C=O) groups is 2. The van der Waals surface area contributed by atoms with Crippen molar-refractivity contribution in [1.82, 2.24) is 4.90 Å². The van der Waals surface area contributed by atoms with E-state index in [1.165, 1.54) is 13.8 Å². The zero-order chi connectivity index (χ0) is 13.6. The van der Waals surface area contributed by atoms with E-state index in [0.717, 1.165) is 7.11 Å². The third kappa shape index (κ3) is 6.80. The Morgan fingerprint density at radius 2 is 1.82 bits per heavy atom. The normalized spacial score (nSPS) is 11.5. The molecule has 0 heterocycles. The van der Waals surface area contributed by atoms with Gasteiger partial charge in [-0.25, -0.2) is 0 Å². The van der Waals surface area contributed by atoms with E-state index in [2.05, 4.69) is 4.74 Å². The summed E-state index contributed by atoms with van der Waals surface area (Å²) in [6.07, 6.45) is -4.72. The number of nitrogens with zero attached hydrogens (tertiary/aromatic N) is 1. The second-order valence-corrected chi connectivity index (χ2v) is 3.86. The Balaban J connectivity index is 4.52. The molecule has 0 aromatic carbocycles. The van der Waals surface area contributed by atoms with Gasteiger partial charge in [-0.3, -0.25) is 9.59 Å². The van der Waals surface area contributed by atoms with Crippen molar-refractivity contribution < 1.29 is 27.5 Å². The van der Waals surface area contributed by atoms with Gasteiger partial charge < -0.3 is 9.64 Å². The number of hydrogen-bond acceptors (Lipinski definition) is 3. The number of alkyl halides is 3. The van der Waals surface area contributed by atoms with Gasteiger partial charge in [-0.15, -0.1) is 0 Å². The Morgan fingerprint density at radius 3 is 2.18 bits per heavy atom. The molecule has 0 bridgehead atoms. The average Bonchev–Trinajstić information content (AvgIpc) is 2.20. The topological polar surface area (TPSA) is 46.6 Å². The number of carbonyl (C=O) groups excluding carboxylic acids is 2. The van der Waals surface area contributed by atoms with Crippen LogP contribution in [0.4, 0.5) is 13.2 Å². The van der Waals surface area contributed by atoms with Gasteiger partial charge in [-0.1, -0.05) is 13.8 Å². The Bertz CT molecular complexity index is 276. The van der Waals surface area contributed by atoms with Gasteiger partial charge in [0.25, 0.3) is 0 Å². The lowest BCUT2D eigenvalue weighted by molar-refractivity contribution is -0.164. The van der Waals surface area contributed by atoms with Crippen LogP contribution in [0.1, 0.15) is 20.3 Å². The summed E-state index contributed by atoms with van der Waals surface area (Å²) in [6, 6.07) is 0. The fourth-order valence-corrected chi connectivity index (χ4v) is 1.18. The van der Waals surface area contributed by atoms with Gasteiger partial charge in [-0.2, -0.15) is 13.2 Å². The highest BCUT2D eigenvalue weighted by atomic mass is 19.4. The van der Waals surface area contributed by atoms with Crippen molar-refractivity contribution >= 4 is 11.9 Å². The quantitative estimate of drug-likeness (QED) is 0.701. The van der Waals surface area contributed by atoms with Crippen LogP contribution in [-0.2, 0) is 14.3 Å². The minimum atomic E-state index is -4.47. The Hall–Kier alpha value is -1.27. The first kappa shape index (κ1) is 15.7. The molecule has 0 fully saturated rings. The number of halogens is 3. The molecule has 0 saturated heterocycles. The molecule has 0 spiro atoms. The number of rotatable bonds is 5. The molecule has 0 saturated carbocycles. The van der Waals surface area contributed by atoms with E-state index in [0.29, 0.717) is 4.90 Å². The van der Waals surface area contributed by atoms with Crippen molar-refractivity contribution in [3.8, 4) is 0 Å². The maximum Gasteiger partial charge on any atom is 0.406 e. The molecule has 0 atom stereocenters. The van der Waals surface area contributed by atoms with Crippen LogP contribution in [0.5, 0.6) is 0 Å². The zero-order valence-electron chi connectivity index (χ0n) is 10.0. The predicted molar refractivity (Wildman–Crippen MR) is 54.1 cm³/mol. The predicted octanol–water partition coefficient (Wildman–Crippen LogP) is 1.60. The summed E-state index contributed by atoms with van der Waals surface area (Å²) in [6.45, 7) is 1.37. The van der Waals surface area contributed by atoms with Gasteiger partial charge in [0.2, 0.25) is 5.91 Å². The average molecular weight is 255 g/mol. The highest BCUT2D eigenvalue weighted by molar-refractivity contribution is 5.79. The maximum atomic E-state index is 12.2. The molecule has 0 aromatic rings. The molecule has 0 aliphatic heterocycles. The molecule has 100 valence electrons. The largest absolute Gasteiger partial charge is 0.469 e. The molecule has 0 N–H and O–H groups in total. The first-order chi connectivity index (χ1) is 7.67. The first-order valence-electron chi connectivity index (χ1n) is 5.09. The fourth-order valence-electron chi connectivity index (χ4n) is 1.18. The molecule has 0 unspecified atom stereocenters. The summed E-state index contributed by atoms with van der Waals surface area (Å²) in [4.78, 5) is 23.0. The molecule has 7 heteroatoms. The Morgan fingerprint density at radius 1 is 1.29 bits per heavy atom. The third-order valence-electron chi connectivity index (χ3n) is 1.99. The lowest BCUT2D eigenvalue weighted by atomic mass is 10.2. The number of esters is 1. The maximum absolute atomic E-state index is 12.2. The minimum Gasteiger partial charge on any atom is -0.469 e. The summed E-state index contributed by atoms with van der Waals surface area (Å²) in [7, 11) is 1.14. The Kier molecular flexibility index (Phi) is 5.98. The van der Waals surface area contributed by atoms with Gasteiger partial charge in [0, 0.05) is 12.5 Å². The van der Waals surface area contributed by atoms with Crippen molar-refractivity contribution in [3.63, 3.8) is 0 Å². The SMILES string of the molecule is COC(=O)CCN(CC(F)(F)F)C(=O)C(C)C. The second-order valence-electron chi connectivity index (χ2n) is 3.86. The van der Waals surface area contributed by atoms with Crippen LogP contribution in [0.2, 0.25) is 0 Å². The molecule has 0 rings (SSSR count). The smallest absolute Gasteiger partial charge is 0.406 e. The van der Waals surface area contributed by atoms with Gasteiger partial charge in [0.15, 0.2) is 0 Å². The molecule has 0 radical (unpaired) electrons. The van der Waals surface area contributed by atoms with Crippen molar-refractivity contribution in [2.75, 3.05) is 20.2 Å². The number of hydrogen-bond donors (Lipinski definition) is 0. The van der Waals surface area contributed by atoms with Crippen LogP contribution in [0.15, 0.2) is 0 Å². The van der Waals surface area contributed by atoms with Crippen molar-refractivity contribution in [1.29, 1.82) is 0 Å². The molecule has 0 aliphatic rings. The lowest BCUT2D eigenvalue weighted by Gasteiger charge is -2.25. The van der Waals surface area contributed by atoms with Crippen LogP contribution in [0, 0.1) is 5.92 Å². The molecular formula is C10H16F3NO3. The molecule has 0 aromatic heterocycles. The summed E-state index contributed by atoms with van der Waals surface area (Å²) < 4.78 is 41.0. The summed E-state index contributed by atoms with van der Waals surface area (Å²) >= 11 is 0. The first-order valence-corrected chi connectivity index (χ1v) is 5.09. The summed E-state index contributed by atoms with van der Waals surface area (Å²) in [5, 5.41) is 0. The highest BCUT2D eigenvalue weighted by Crippen LogP contribution is 2.18. The third-order valence-corrected chi connectivity index (χ3v) is 1.99. The number of amides is 1. The van der Waals surface area contributed by atoms with Crippen LogP contribution < -0.4 is 0 Å². The van der Waals surface area contributed by atoms with Crippen LogP contribution in [-0.4, -0.2) is 43.2 Å². The van der Waals surface area contributed by atoms with Gasteiger partial charge >= 0.3 is 12.1 Å². The fraction of sp³-hybridized carbons (Fsp3) is 0.800. The van der Waals surface area contributed by atoms with E-state index in [1.807, 2.05) is 0 Å². The van der Waals surface area contributed by atoms with Crippen LogP contribution in [0.3, 0.4) is 0 Å². The van der Waals surface area contributed by atoms with E-state index in [4.69, 9.17) is 0 Å². The molecule has 4 nitrogen and oxygen atoms in total. The van der Waals surface area contributed by atoms with Gasteiger partial charge in [0.1, 0.15) is 6.54 Å². The van der Waals surface area contributed by atoms with Gasteiger partial charge in [0.05, 0.1) is 13.5 Å². The summed E-state index contributed by atoms with van der Waals surface area (Å²) in [5.74, 6) is -1.82.